The molecule has 11 nitrogen and oxygen atoms in total. The fourth-order valence-electron chi connectivity index (χ4n) is 2.78. The van der Waals surface area contributed by atoms with E-state index in [0.717, 1.165) is 6.20 Å². The fraction of sp³-hybridized carbons (Fsp3) is 0.0500. The quantitative estimate of drug-likeness (QED) is 0.425. The number of carbonyl (C=O) groups is 2. The van der Waals surface area contributed by atoms with Crippen LogP contribution in [-0.4, -0.2) is 49.3 Å². The number of hydrogen-bond acceptors (Lipinski definition) is 9. The second-order valence-electron chi connectivity index (χ2n) is 6.45. The van der Waals surface area contributed by atoms with Crippen molar-refractivity contribution in [3.8, 4) is 11.4 Å². The molecule has 2 heterocycles. The Bertz CT molecular complexity index is 1270. The van der Waals surface area contributed by atoms with Crippen molar-refractivity contribution in [1.82, 2.24) is 35.9 Å². The summed E-state index contributed by atoms with van der Waals surface area (Å²) in [6.07, 6.45) is 6.79. The summed E-state index contributed by atoms with van der Waals surface area (Å²) in [4.78, 5) is 32.1. The van der Waals surface area contributed by atoms with Gasteiger partial charge in [0.2, 0.25) is 17.6 Å². The molecule has 1 aliphatic rings. The van der Waals surface area contributed by atoms with Crippen LogP contribution in [0, 0.1) is 5.82 Å². The number of allylic oxidation sites excluding steroid dienone is 4. The predicted molar refractivity (Wildman–Crippen MR) is 113 cm³/mol. The highest BCUT2D eigenvalue weighted by molar-refractivity contribution is 6.15. The van der Waals surface area contributed by atoms with Crippen molar-refractivity contribution in [2.45, 2.75) is 0 Å². The molecule has 160 valence electrons. The van der Waals surface area contributed by atoms with Crippen molar-refractivity contribution in [2.24, 2.45) is 0 Å². The topological polar surface area (TPSA) is 150 Å². The summed E-state index contributed by atoms with van der Waals surface area (Å²) >= 11 is 0. The van der Waals surface area contributed by atoms with Gasteiger partial charge in [0, 0.05) is 29.9 Å². The highest BCUT2D eigenvalue weighted by Crippen LogP contribution is 2.23. The first-order valence-electron chi connectivity index (χ1n) is 9.30. The summed E-state index contributed by atoms with van der Waals surface area (Å²) in [6, 6.07) is 6.96. The van der Waals surface area contributed by atoms with Gasteiger partial charge < -0.3 is 16.0 Å². The molecule has 4 N–H and O–H groups in total. The molecule has 0 aliphatic heterocycles. The zero-order valence-electron chi connectivity index (χ0n) is 16.6. The summed E-state index contributed by atoms with van der Waals surface area (Å²) in [5.74, 6) is -1.17. The number of likely N-dealkylation sites (N-methyl/N-ethyl adjacent to an activating group) is 1. The molecule has 0 bridgehead atoms. The van der Waals surface area contributed by atoms with Gasteiger partial charge in [-0.25, -0.2) is 14.5 Å². The average Bonchev–Trinajstić information content (AvgIpc) is 3.34. The highest BCUT2D eigenvalue weighted by atomic mass is 19.1. The van der Waals surface area contributed by atoms with Crippen LogP contribution in [0.25, 0.3) is 11.4 Å². The van der Waals surface area contributed by atoms with Gasteiger partial charge in [0.1, 0.15) is 0 Å². The number of nitrogens with one attached hydrogen (secondary N) is 4. The van der Waals surface area contributed by atoms with E-state index in [1.165, 1.54) is 25.3 Å². The van der Waals surface area contributed by atoms with Crippen molar-refractivity contribution in [3.63, 3.8) is 0 Å². The van der Waals surface area contributed by atoms with Crippen molar-refractivity contribution in [3.05, 3.63) is 71.9 Å². The van der Waals surface area contributed by atoms with Gasteiger partial charge in [0.15, 0.2) is 17.5 Å². The Morgan fingerprint density at radius 3 is 2.91 bits per heavy atom. The van der Waals surface area contributed by atoms with Gasteiger partial charge in [-0.2, -0.15) is 4.98 Å². The van der Waals surface area contributed by atoms with Crippen molar-refractivity contribution in [1.29, 1.82) is 0 Å². The highest BCUT2D eigenvalue weighted by Gasteiger charge is 2.19. The Morgan fingerprint density at radius 1 is 1.25 bits per heavy atom. The van der Waals surface area contributed by atoms with E-state index in [1.54, 1.807) is 30.3 Å². The summed E-state index contributed by atoms with van der Waals surface area (Å²) < 4.78 is 14.3. The molecule has 1 aliphatic carbocycles. The number of nitrogens with zero attached hydrogens (tertiary/aromatic N) is 5. The van der Waals surface area contributed by atoms with Crippen LogP contribution in [0.3, 0.4) is 0 Å². The molecule has 0 radical (unpaired) electrons. The van der Waals surface area contributed by atoms with Gasteiger partial charge in [0.05, 0.1) is 11.9 Å². The largest absolute Gasteiger partial charge is 0.356 e. The maximum absolute atomic E-state index is 14.3. The monoisotopic (exact) mass is 433 g/mol. The number of amides is 1. The molecule has 0 saturated heterocycles. The molecule has 1 amide bonds. The molecule has 4 rings (SSSR count). The smallest absolute Gasteiger partial charge is 0.244 e. The maximum Gasteiger partial charge on any atom is 0.244 e. The fourth-order valence-corrected chi connectivity index (χ4v) is 2.78. The second-order valence-corrected chi connectivity index (χ2v) is 6.45. The molecule has 0 saturated carbocycles. The molecule has 0 atom stereocenters. The lowest BCUT2D eigenvalue weighted by atomic mass is 10.0. The lowest BCUT2D eigenvalue weighted by molar-refractivity contribution is -0.117. The van der Waals surface area contributed by atoms with Crippen LogP contribution in [-0.2, 0) is 9.59 Å². The number of Topliss-reactive ketones (excluding diaryl/α,β-unsaturated/α-hetero) is 1. The van der Waals surface area contributed by atoms with E-state index >= 15 is 0 Å². The van der Waals surface area contributed by atoms with Crippen LogP contribution >= 0.6 is 0 Å². The molecular weight excluding hydrogens is 417 g/mol. The minimum Gasteiger partial charge on any atom is -0.356 e. The lowest BCUT2D eigenvalue weighted by Crippen LogP contribution is -2.20. The lowest BCUT2D eigenvalue weighted by Gasteiger charge is -2.13. The van der Waals surface area contributed by atoms with Crippen molar-refractivity contribution >= 4 is 29.1 Å². The Hall–Kier alpha value is -4.74. The summed E-state index contributed by atoms with van der Waals surface area (Å²) in [7, 11) is 1.46. The molecule has 12 heteroatoms. The number of halogens is 1. The first kappa shape index (κ1) is 20.5. The molecule has 32 heavy (non-hydrogen) atoms. The van der Waals surface area contributed by atoms with Crippen molar-refractivity contribution in [2.75, 3.05) is 17.7 Å². The third-order valence-electron chi connectivity index (χ3n) is 4.31. The number of aromatic nitrogens is 6. The van der Waals surface area contributed by atoms with E-state index < -0.39 is 17.5 Å². The Morgan fingerprint density at radius 2 is 2.12 bits per heavy atom. The SMILES string of the molecule is CNC(=O)C=C1C=CC=C(Nc2ncc(F)c(Nc3cccc(-c4nnn[nH]4)c3)n2)C1=O. The van der Waals surface area contributed by atoms with Gasteiger partial charge in [-0.3, -0.25) is 9.59 Å². The number of tetrazole rings is 1. The molecule has 3 aromatic rings. The molecule has 2 aromatic heterocycles. The van der Waals surface area contributed by atoms with Gasteiger partial charge in [-0.05, 0) is 28.6 Å². The van der Waals surface area contributed by atoms with E-state index in [2.05, 4.69) is 46.5 Å². The number of ketones is 1. The standard InChI is InChI=1S/C20H16FN9O2/c1-22-16(31)9-11-4-3-7-15(17(11)32)25-20-23-10-14(21)19(26-20)24-13-6-2-5-12(8-13)18-27-29-30-28-18/h2-10H,1H3,(H,22,31)(H2,23,24,25,26)(H,27,28,29,30). The van der Waals surface area contributed by atoms with E-state index in [9.17, 15) is 14.0 Å². The first-order chi connectivity index (χ1) is 15.5. The Balaban J connectivity index is 1.54. The molecular formula is C20H16FN9O2. The van der Waals surface area contributed by atoms with Crippen LogP contribution in [0.4, 0.5) is 21.8 Å². The number of carbonyl (C=O) groups excluding carboxylic acids is 2. The number of H-pyrrole nitrogens is 1. The van der Waals surface area contributed by atoms with Gasteiger partial charge in [0.25, 0.3) is 0 Å². The van der Waals surface area contributed by atoms with E-state index in [-0.39, 0.29) is 23.0 Å². The number of hydrogen-bond donors (Lipinski definition) is 4. The maximum atomic E-state index is 14.3. The second kappa shape index (κ2) is 8.95. The minimum atomic E-state index is -0.689. The Kier molecular flexibility index (Phi) is 5.74. The average molecular weight is 433 g/mol. The summed E-state index contributed by atoms with van der Waals surface area (Å²) in [6.45, 7) is 0. The third kappa shape index (κ3) is 4.53. The molecule has 0 fully saturated rings. The van der Waals surface area contributed by atoms with Crippen LogP contribution < -0.4 is 16.0 Å². The predicted octanol–water partition coefficient (Wildman–Crippen LogP) is 1.65. The molecule has 1 aromatic carbocycles. The Labute approximate surface area is 180 Å². The molecule has 0 unspecified atom stereocenters. The number of rotatable bonds is 6. The first-order valence-corrected chi connectivity index (χ1v) is 9.30. The van der Waals surface area contributed by atoms with Crippen LogP contribution in [0.15, 0.2) is 66.0 Å². The minimum absolute atomic E-state index is 0.00122. The van der Waals surface area contributed by atoms with Crippen LogP contribution in [0.2, 0.25) is 0 Å². The zero-order valence-corrected chi connectivity index (χ0v) is 16.6. The number of anilines is 3. The normalized spacial score (nSPS) is 14.2. The van der Waals surface area contributed by atoms with Crippen LogP contribution in [0.5, 0.6) is 0 Å². The van der Waals surface area contributed by atoms with Crippen molar-refractivity contribution < 1.29 is 14.0 Å². The van der Waals surface area contributed by atoms with Gasteiger partial charge in [-0.1, -0.05) is 24.3 Å². The van der Waals surface area contributed by atoms with Crippen LogP contribution in [0.1, 0.15) is 0 Å². The van der Waals surface area contributed by atoms with Gasteiger partial charge >= 0.3 is 0 Å². The van der Waals surface area contributed by atoms with E-state index in [4.69, 9.17) is 0 Å². The summed E-state index contributed by atoms with van der Waals surface area (Å²) in [5, 5.41) is 21.6. The third-order valence-corrected chi connectivity index (χ3v) is 4.31. The number of benzene rings is 1. The van der Waals surface area contributed by atoms with Gasteiger partial charge in [-0.15, -0.1) is 5.10 Å². The van der Waals surface area contributed by atoms with E-state index in [0.29, 0.717) is 17.1 Å². The van der Waals surface area contributed by atoms with E-state index in [1.807, 2.05) is 0 Å². The zero-order chi connectivity index (χ0) is 22.5. The molecule has 0 spiro atoms. The number of aromatic amines is 1. The summed E-state index contributed by atoms with van der Waals surface area (Å²) in [5.41, 5.74) is 1.55.